The number of rotatable bonds is 2. The molecular formula is C15H19F3N4O. The molecule has 0 unspecified atom stereocenters. The average molecular weight is 328 g/mol. The van der Waals surface area contributed by atoms with Gasteiger partial charge in [-0.3, -0.25) is 4.79 Å². The SMILES string of the molecule is CC(=O)N1CCC[C@H]1[C@H]1CCCN1c1nccc(C(F)(F)F)n1. The van der Waals surface area contributed by atoms with Crippen LogP contribution in [0.25, 0.3) is 0 Å². The van der Waals surface area contributed by atoms with Crippen LogP contribution in [0.15, 0.2) is 12.3 Å². The van der Waals surface area contributed by atoms with Gasteiger partial charge in [0.2, 0.25) is 11.9 Å². The Hall–Kier alpha value is -1.86. The Morgan fingerprint density at radius 3 is 2.61 bits per heavy atom. The Labute approximate surface area is 132 Å². The fraction of sp³-hybridized carbons (Fsp3) is 0.667. The fourth-order valence-corrected chi connectivity index (χ4v) is 3.67. The summed E-state index contributed by atoms with van der Waals surface area (Å²) in [5, 5.41) is 0. The maximum atomic E-state index is 12.9. The van der Waals surface area contributed by atoms with E-state index in [-0.39, 0.29) is 23.9 Å². The molecule has 0 aromatic carbocycles. The minimum Gasteiger partial charge on any atom is -0.338 e. The summed E-state index contributed by atoms with van der Waals surface area (Å²) in [5.74, 6) is 0.127. The third-order valence-electron chi connectivity index (χ3n) is 4.64. The van der Waals surface area contributed by atoms with E-state index in [1.165, 1.54) is 0 Å². The van der Waals surface area contributed by atoms with Crippen molar-refractivity contribution in [1.29, 1.82) is 0 Å². The van der Waals surface area contributed by atoms with Crippen LogP contribution < -0.4 is 4.90 Å². The molecule has 8 heteroatoms. The summed E-state index contributed by atoms with van der Waals surface area (Å²) in [6, 6.07) is 0.907. The van der Waals surface area contributed by atoms with Gasteiger partial charge in [0.15, 0.2) is 0 Å². The second-order valence-corrected chi connectivity index (χ2v) is 6.06. The molecule has 2 atom stereocenters. The molecule has 0 N–H and O–H groups in total. The zero-order chi connectivity index (χ0) is 16.6. The first-order chi connectivity index (χ1) is 10.9. The van der Waals surface area contributed by atoms with Crippen LogP contribution in [0.1, 0.15) is 38.3 Å². The number of aromatic nitrogens is 2. The Bertz CT molecular complexity index is 592. The monoisotopic (exact) mass is 328 g/mol. The lowest BCUT2D eigenvalue weighted by molar-refractivity contribution is -0.141. The first-order valence-corrected chi connectivity index (χ1v) is 7.82. The summed E-state index contributed by atoms with van der Waals surface area (Å²) in [5.41, 5.74) is -0.928. The molecule has 3 heterocycles. The van der Waals surface area contributed by atoms with E-state index in [2.05, 4.69) is 9.97 Å². The number of halogens is 3. The predicted molar refractivity (Wildman–Crippen MR) is 77.8 cm³/mol. The zero-order valence-corrected chi connectivity index (χ0v) is 12.9. The van der Waals surface area contributed by atoms with Crippen molar-refractivity contribution < 1.29 is 18.0 Å². The Kier molecular flexibility index (Phi) is 4.16. The van der Waals surface area contributed by atoms with Gasteiger partial charge in [-0.1, -0.05) is 0 Å². The van der Waals surface area contributed by atoms with Crippen LogP contribution in [-0.2, 0) is 11.0 Å². The second-order valence-electron chi connectivity index (χ2n) is 6.06. The van der Waals surface area contributed by atoms with Crippen molar-refractivity contribution in [2.24, 2.45) is 0 Å². The molecule has 5 nitrogen and oxygen atoms in total. The normalized spacial score (nSPS) is 25.2. The molecule has 2 aliphatic rings. The van der Waals surface area contributed by atoms with Gasteiger partial charge in [-0.2, -0.15) is 13.2 Å². The van der Waals surface area contributed by atoms with Crippen molar-refractivity contribution in [3.05, 3.63) is 18.0 Å². The van der Waals surface area contributed by atoms with Crippen molar-refractivity contribution >= 4 is 11.9 Å². The van der Waals surface area contributed by atoms with Gasteiger partial charge in [0.25, 0.3) is 0 Å². The number of nitrogens with zero attached hydrogens (tertiary/aromatic N) is 4. The van der Waals surface area contributed by atoms with Gasteiger partial charge in [-0.05, 0) is 31.7 Å². The molecule has 3 rings (SSSR count). The highest BCUT2D eigenvalue weighted by molar-refractivity contribution is 5.74. The van der Waals surface area contributed by atoms with Gasteiger partial charge in [-0.25, -0.2) is 9.97 Å². The van der Waals surface area contributed by atoms with E-state index in [9.17, 15) is 18.0 Å². The summed E-state index contributed by atoms with van der Waals surface area (Å²) in [6.45, 7) is 2.88. The number of amides is 1. The lowest BCUT2D eigenvalue weighted by Crippen LogP contribution is -2.48. The minimum absolute atomic E-state index is 0.00937. The predicted octanol–water partition coefficient (Wildman–Crippen LogP) is 2.48. The quantitative estimate of drug-likeness (QED) is 0.837. The molecule has 0 aliphatic carbocycles. The number of alkyl halides is 3. The topological polar surface area (TPSA) is 49.3 Å². The second kappa shape index (κ2) is 5.98. The van der Waals surface area contributed by atoms with Crippen molar-refractivity contribution in [2.75, 3.05) is 18.0 Å². The average Bonchev–Trinajstić information content (AvgIpc) is 3.15. The summed E-state index contributed by atoms with van der Waals surface area (Å²) < 4.78 is 38.6. The third kappa shape index (κ3) is 3.11. The Morgan fingerprint density at radius 1 is 1.22 bits per heavy atom. The van der Waals surface area contributed by atoms with Crippen LogP contribution in [0, 0.1) is 0 Å². The first kappa shape index (κ1) is 16.0. The number of anilines is 1. The lowest BCUT2D eigenvalue weighted by atomic mass is 10.0. The highest BCUT2D eigenvalue weighted by atomic mass is 19.4. The van der Waals surface area contributed by atoms with Gasteiger partial charge in [0.1, 0.15) is 5.69 Å². The summed E-state index contributed by atoms with van der Waals surface area (Å²) >= 11 is 0. The molecule has 126 valence electrons. The van der Waals surface area contributed by atoms with Crippen LogP contribution in [0.5, 0.6) is 0 Å². The molecule has 23 heavy (non-hydrogen) atoms. The third-order valence-corrected chi connectivity index (χ3v) is 4.64. The summed E-state index contributed by atoms with van der Waals surface area (Å²) in [4.78, 5) is 23.2. The van der Waals surface area contributed by atoms with Crippen molar-refractivity contribution in [3.63, 3.8) is 0 Å². The molecule has 0 bridgehead atoms. The van der Waals surface area contributed by atoms with E-state index in [0.29, 0.717) is 13.1 Å². The number of carbonyl (C=O) groups excluding carboxylic acids is 1. The lowest BCUT2D eigenvalue weighted by Gasteiger charge is -2.34. The zero-order valence-electron chi connectivity index (χ0n) is 12.9. The van der Waals surface area contributed by atoms with Crippen LogP contribution in [0.4, 0.5) is 19.1 Å². The van der Waals surface area contributed by atoms with E-state index in [1.54, 1.807) is 6.92 Å². The van der Waals surface area contributed by atoms with E-state index in [4.69, 9.17) is 0 Å². The molecule has 2 fully saturated rings. The number of hydrogen-bond donors (Lipinski definition) is 0. The van der Waals surface area contributed by atoms with Crippen LogP contribution in [0.2, 0.25) is 0 Å². The van der Waals surface area contributed by atoms with E-state index >= 15 is 0 Å². The van der Waals surface area contributed by atoms with Crippen LogP contribution >= 0.6 is 0 Å². The molecule has 0 spiro atoms. The van der Waals surface area contributed by atoms with E-state index in [0.717, 1.165) is 37.9 Å². The molecule has 1 aromatic rings. The van der Waals surface area contributed by atoms with Gasteiger partial charge in [0, 0.05) is 26.2 Å². The molecule has 2 saturated heterocycles. The van der Waals surface area contributed by atoms with Gasteiger partial charge >= 0.3 is 6.18 Å². The number of carbonyl (C=O) groups is 1. The molecule has 1 amide bonds. The maximum absolute atomic E-state index is 12.9. The molecule has 0 radical (unpaired) electrons. The van der Waals surface area contributed by atoms with Crippen LogP contribution in [0.3, 0.4) is 0 Å². The maximum Gasteiger partial charge on any atom is 0.433 e. The summed E-state index contributed by atoms with van der Waals surface area (Å²) in [7, 11) is 0. The molecule has 2 aliphatic heterocycles. The van der Waals surface area contributed by atoms with Crippen molar-refractivity contribution in [3.8, 4) is 0 Å². The fourth-order valence-electron chi connectivity index (χ4n) is 3.67. The molecular weight excluding hydrogens is 309 g/mol. The van der Waals surface area contributed by atoms with Gasteiger partial charge < -0.3 is 9.80 Å². The van der Waals surface area contributed by atoms with Crippen LogP contribution in [-0.4, -0.2) is 45.9 Å². The standard InChI is InChI=1S/C15H19F3N4O/c1-10(23)21-8-2-4-11(21)12-5-3-9-22(12)14-19-7-6-13(20-14)15(16,17)18/h6-7,11-12H,2-5,8-9H2,1H3/t11-,12+/m0/s1. The highest BCUT2D eigenvalue weighted by Gasteiger charge is 2.40. The molecule has 0 saturated carbocycles. The first-order valence-electron chi connectivity index (χ1n) is 7.82. The van der Waals surface area contributed by atoms with Crippen molar-refractivity contribution in [2.45, 2.75) is 50.9 Å². The Morgan fingerprint density at radius 2 is 1.91 bits per heavy atom. The largest absolute Gasteiger partial charge is 0.433 e. The van der Waals surface area contributed by atoms with Gasteiger partial charge in [-0.15, -0.1) is 0 Å². The highest BCUT2D eigenvalue weighted by Crippen LogP contribution is 2.33. The van der Waals surface area contributed by atoms with Crippen molar-refractivity contribution in [1.82, 2.24) is 14.9 Å². The minimum atomic E-state index is -4.48. The van der Waals surface area contributed by atoms with E-state index < -0.39 is 11.9 Å². The van der Waals surface area contributed by atoms with Gasteiger partial charge in [0.05, 0.1) is 12.1 Å². The summed E-state index contributed by atoms with van der Waals surface area (Å²) in [6.07, 6.45) is 0.182. The number of hydrogen-bond acceptors (Lipinski definition) is 4. The Balaban J connectivity index is 1.86. The molecule has 1 aromatic heterocycles. The smallest absolute Gasteiger partial charge is 0.338 e. The number of likely N-dealkylation sites (tertiary alicyclic amines) is 1. The van der Waals surface area contributed by atoms with E-state index in [1.807, 2.05) is 9.80 Å².